The maximum Gasteiger partial charge on any atom is 0.573 e. The van der Waals surface area contributed by atoms with E-state index in [4.69, 9.17) is 30.5 Å². The summed E-state index contributed by atoms with van der Waals surface area (Å²) in [6.45, 7) is 4.27. The number of ether oxygens (including phenoxy) is 5. The lowest BCUT2D eigenvalue weighted by atomic mass is 9.78. The third-order valence-corrected chi connectivity index (χ3v) is 7.55. The number of carbonyl (C=O) groups excluding carboxylic acids is 1. The van der Waals surface area contributed by atoms with Crippen molar-refractivity contribution in [1.29, 1.82) is 0 Å². The van der Waals surface area contributed by atoms with Gasteiger partial charge in [-0.1, -0.05) is 35.9 Å². The van der Waals surface area contributed by atoms with E-state index in [9.17, 15) is 18.0 Å². The number of hydrogen-bond acceptors (Lipinski definition) is 6. The number of nitrogens with one attached hydrogen (secondary N) is 1. The molecule has 1 amide bonds. The van der Waals surface area contributed by atoms with Crippen LogP contribution in [0.2, 0.25) is 5.02 Å². The van der Waals surface area contributed by atoms with E-state index in [0.29, 0.717) is 23.0 Å². The van der Waals surface area contributed by atoms with Crippen molar-refractivity contribution in [3.8, 4) is 5.75 Å². The van der Waals surface area contributed by atoms with Crippen molar-refractivity contribution in [3.63, 3.8) is 0 Å². The predicted molar refractivity (Wildman–Crippen MR) is 139 cm³/mol. The molecule has 2 aliphatic carbocycles. The standard InChI is InChI=1S/C29H33ClF3NO6/c1-27(2)39-24-14-28(26(35)34-15-18-9-10-18,37-17-19-5-3-7-21(30)11-19)13-23(25(24)40-27)36-16-20-6-4-8-22(12-20)38-29(31,32)33/h3-8,11-12,18,23-25H,9-10,13-17H2,1-2H3,(H,34,35)/t23-,24+,25-,28+/m0/s1. The molecule has 1 N–H and O–H groups in total. The van der Waals surface area contributed by atoms with E-state index in [-0.39, 0.29) is 37.7 Å². The molecule has 0 unspecified atom stereocenters. The van der Waals surface area contributed by atoms with Crippen LogP contribution < -0.4 is 10.1 Å². The lowest BCUT2D eigenvalue weighted by Gasteiger charge is -2.43. The molecule has 1 heterocycles. The summed E-state index contributed by atoms with van der Waals surface area (Å²) in [5, 5.41) is 3.62. The number of rotatable bonds is 10. The predicted octanol–water partition coefficient (Wildman–Crippen LogP) is 5.92. The number of amides is 1. The molecular formula is C29H33ClF3NO6. The molecule has 40 heavy (non-hydrogen) atoms. The fraction of sp³-hybridized carbons (Fsp3) is 0.552. The second kappa shape index (κ2) is 11.5. The van der Waals surface area contributed by atoms with Gasteiger partial charge >= 0.3 is 6.36 Å². The molecule has 0 aromatic heterocycles. The van der Waals surface area contributed by atoms with E-state index >= 15 is 0 Å². The van der Waals surface area contributed by atoms with Gasteiger partial charge in [-0.25, -0.2) is 0 Å². The average molecular weight is 584 g/mol. The van der Waals surface area contributed by atoms with E-state index in [1.165, 1.54) is 18.2 Å². The van der Waals surface area contributed by atoms with Gasteiger partial charge in [-0.3, -0.25) is 4.79 Å². The molecule has 0 bridgehead atoms. The van der Waals surface area contributed by atoms with E-state index in [2.05, 4.69) is 10.1 Å². The molecule has 0 spiro atoms. The Balaban J connectivity index is 1.37. The molecule has 2 aromatic carbocycles. The van der Waals surface area contributed by atoms with Crippen LogP contribution in [0.25, 0.3) is 0 Å². The van der Waals surface area contributed by atoms with Crippen LogP contribution in [0.3, 0.4) is 0 Å². The molecule has 11 heteroatoms. The van der Waals surface area contributed by atoms with Gasteiger partial charge in [0, 0.05) is 24.4 Å². The molecule has 4 atom stereocenters. The lowest BCUT2D eigenvalue weighted by Crippen LogP contribution is -2.60. The molecule has 7 nitrogen and oxygen atoms in total. The van der Waals surface area contributed by atoms with Crippen LogP contribution in [0.5, 0.6) is 5.75 Å². The highest BCUT2D eigenvalue weighted by molar-refractivity contribution is 6.30. The summed E-state index contributed by atoms with van der Waals surface area (Å²) in [5.41, 5.74) is 0.00572. The highest BCUT2D eigenvalue weighted by Crippen LogP contribution is 2.44. The quantitative estimate of drug-likeness (QED) is 0.374. The van der Waals surface area contributed by atoms with Crippen molar-refractivity contribution in [3.05, 3.63) is 64.7 Å². The summed E-state index contributed by atoms with van der Waals surface area (Å²) >= 11 is 6.17. The van der Waals surface area contributed by atoms with E-state index in [0.717, 1.165) is 18.4 Å². The Kier molecular flexibility index (Phi) is 8.37. The van der Waals surface area contributed by atoms with Gasteiger partial charge in [0.15, 0.2) is 11.4 Å². The maximum absolute atomic E-state index is 13.8. The second-order valence-corrected chi connectivity index (χ2v) is 11.6. The molecule has 2 saturated carbocycles. The molecule has 1 saturated heterocycles. The average Bonchev–Trinajstić information content (AvgIpc) is 3.64. The number of alkyl halides is 3. The van der Waals surface area contributed by atoms with Crippen molar-refractivity contribution >= 4 is 17.5 Å². The fourth-order valence-electron chi connectivity index (χ4n) is 5.31. The molecule has 218 valence electrons. The van der Waals surface area contributed by atoms with Crippen LogP contribution >= 0.6 is 11.6 Å². The summed E-state index contributed by atoms with van der Waals surface area (Å²) in [6.07, 6.45) is -3.85. The smallest absolute Gasteiger partial charge is 0.406 e. The van der Waals surface area contributed by atoms with Gasteiger partial charge in [0.2, 0.25) is 0 Å². The van der Waals surface area contributed by atoms with Gasteiger partial charge < -0.3 is 29.0 Å². The van der Waals surface area contributed by atoms with Crippen molar-refractivity contribution < 1.29 is 41.7 Å². The molecule has 1 aliphatic heterocycles. The summed E-state index contributed by atoms with van der Waals surface area (Å²) in [5.74, 6) is -1.03. The summed E-state index contributed by atoms with van der Waals surface area (Å²) in [6, 6.07) is 12.8. The van der Waals surface area contributed by atoms with E-state index in [1.54, 1.807) is 32.0 Å². The molecule has 3 fully saturated rings. The van der Waals surface area contributed by atoms with E-state index < -0.39 is 36.1 Å². The minimum atomic E-state index is -4.80. The Bertz CT molecular complexity index is 1210. The van der Waals surface area contributed by atoms with Crippen LogP contribution in [-0.2, 0) is 37.0 Å². The van der Waals surface area contributed by atoms with Crippen molar-refractivity contribution in [1.82, 2.24) is 5.32 Å². The minimum absolute atomic E-state index is 0.0270. The molecule has 2 aromatic rings. The zero-order valence-electron chi connectivity index (χ0n) is 22.3. The first-order chi connectivity index (χ1) is 18.9. The van der Waals surface area contributed by atoms with Crippen molar-refractivity contribution in [2.24, 2.45) is 5.92 Å². The Labute approximate surface area is 236 Å². The van der Waals surface area contributed by atoms with Crippen LogP contribution in [0, 0.1) is 5.92 Å². The molecule has 3 aliphatic rings. The Morgan fingerprint density at radius 3 is 2.48 bits per heavy atom. The van der Waals surface area contributed by atoms with Crippen LogP contribution in [0.4, 0.5) is 13.2 Å². The number of hydrogen-bond donors (Lipinski definition) is 1. The highest BCUT2D eigenvalue weighted by atomic mass is 35.5. The minimum Gasteiger partial charge on any atom is -0.406 e. The number of halogens is 4. The SMILES string of the molecule is CC1(C)O[C@H]2[C@@H](OCc3cccc(OC(F)(F)F)c3)C[C@](OCc3cccc(Cl)c3)(C(=O)NCC3CC3)C[C@H]2O1. The first-order valence-corrected chi connectivity index (χ1v) is 13.8. The molecular weight excluding hydrogens is 551 g/mol. The monoisotopic (exact) mass is 583 g/mol. The number of carbonyl (C=O) groups is 1. The summed E-state index contributed by atoms with van der Waals surface area (Å²) in [4.78, 5) is 13.8. The van der Waals surface area contributed by atoms with Gasteiger partial charge in [-0.05, 0) is 68.0 Å². The van der Waals surface area contributed by atoms with Gasteiger partial charge in [-0.15, -0.1) is 13.2 Å². The third kappa shape index (κ3) is 7.47. The van der Waals surface area contributed by atoms with Crippen molar-refractivity contribution in [2.75, 3.05) is 6.54 Å². The lowest BCUT2D eigenvalue weighted by molar-refractivity contribution is -0.274. The Morgan fingerprint density at radius 2 is 1.77 bits per heavy atom. The highest BCUT2D eigenvalue weighted by Gasteiger charge is 2.58. The zero-order valence-corrected chi connectivity index (χ0v) is 23.1. The van der Waals surface area contributed by atoms with Crippen LogP contribution in [-0.4, -0.2) is 48.5 Å². The van der Waals surface area contributed by atoms with Gasteiger partial charge in [0.05, 0.1) is 25.4 Å². The van der Waals surface area contributed by atoms with Crippen LogP contribution in [0.1, 0.15) is 50.7 Å². The second-order valence-electron chi connectivity index (χ2n) is 11.2. The van der Waals surface area contributed by atoms with Gasteiger partial charge in [0.25, 0.3) is 5.91 Å². The van der Waals surface area contributed by atoms with E-state index in [1.807, 2.05) is 12.1 Å². The summed E-state index contributed by atoms with van der Waals surface area (Å²) < 4.78 is 67.3. The first kappa shape index (κ1) is 29.1. The normalized spacial score (nSPS) is 27.7. The molecule has 0 radical (unpaired) electrons. The Hall–Kier alpha value is -2.37. The largest absolute Gasteiger partial charge is 0.573 e. The van der Waals surface area contributed by atoms with Crippen molar-refractivity contribution in [2.45, 2.75) is 88.8 Å². The third-order valence-electron chi connectivity index (χ3n) is 7.31. The fourth-order valence-corrected chi connectivity index (χ4v) is 5.53. The first-order valence-electron chi connectivity index (χ1n) is 13.4. The summed E-state index contributed by atoms with van der Waals surface area (Å²) in [7, 11) is 0. The zero-order chi connectivity index (χ0) is 28.5. The number of fused-ring (bicyclic) bond motifs is 1. The topological polar surface area (TPSA) is 75.2 Å². The Morgan fingerprint density at radius 1 is 1.05 bits per heavy atom. The molecule has 5 rings (SSSR count). The number of benzene rings is 2. The van der Waals surface area contributed by atoms with Gasteiger partial charge in [0.1, 0.15) is 11.9 Å². The van der Waals surface area contributed by atoms with Crippen LogP contribution in [0.15, 0.2) is 48.5 Å². The van der Waals surface area contributed by atoms with Gasteiger partial charge in [-0.2, -0.15) is 0 Å². The maximum atomic E-state index is 13.8.